The zero-order valence-electron chi connectivity index (χ0n) is 13.6. The predicted molar refractivity (Wildman–Crippen MR) is 94.6 cm³/mol. The van der Waals surface area contributed by atoms with E-state index >= 15 is 0 Å². The van der Waals surface area contributed by atoms with Gasteiger partial charge in [0.15, 0.2) is 0 Å². The first kappa shape index (κ1) is 17.0. The summed E-state index contributed by atoms with van der Waals surface area (Å²) >= 11 is 3.62. The van der Waals surface area contributed by atoms with Gasteiger partial charge in [-0.05, 0) is 69.8 Å². The molecule has 1 aliphatic heterocycles. The summed E-state index contributed by atoms with van der Waals surface area (Å²) in [5, 5.41) is 3.47. The van der Waals surface area contributed by atoms with Crippen LogP contribution in [0.4, 0.5) is 0 Å². The zero-order valence-corrected chi connectivity index (χ0v) is 15.2. The fraction of sp³-hybridized carbons (Fsp3) is 0.667. The van der Waals surface area contributed by atoms with Gasteiger partial charge in [0.2, 0.25) is 0 Å². The van der Waals surface area contributed by atoms with Gasteiger partial charge < -0.3 is 5.32 Å². The highest BCUT2D eigenvalue weighted by atomic mass is 79.9. The van der Waals surface area contributed by atoms with Crippen LogP contribution in [0.25, 0.3) is 0 Å². The monoisotopic (exact) mass is 352 g/mol. The van der Waals surface area contributed by atoms with Gasteiger partial charge in [0, 0.05) is 23.1 Å². The molecule has 1 aromatic rings. The molecule has 1 aromatic carbocycles. The van der Waals surface area contributed by atoms with Crippen molar-refractivity contribution >= 4 is 15.9 Å². The maximum Gasteiger partial charge on any atom is 0.0348 e. The van der Waals surface area contributed by atoms with Crippen LogP contribution in [0.3, 0.4) is 0 Å². The van der Waals surface area contributed by atoms with Gasteiger partial charge in [0.25, 0.3) is 0 Å². The second kappa shape index (κ2) is 8.30. The summed E-state index contributed by atoms with van der Waals surface area (Å²) in [6.07, 6.45) is 3.80. The van der Waals surface area contributed by atoms with Crippen molar-refractivity contribution < 1.29 is 0 Å². The average Bonchev–Trinajstić information content (AvgIpc) is 2.48. The van der Waals surface area contributed by atoms with E-state index in [1.807, 2.05) is 0 Å². The Kier molecular flexibility index (Phi) is 6.72. The van der Waals surface area contributed by atoms with Crippen LogP contribution in [-0.4, -0.2) is 30.6 Å². The Morgan fingerprint density at radius 2 is 2.00 bits per heavy atom. The Hall–Kier alpha value is -0.380. The van der Waals surface area contributed by atoms with Crippen LogP contribution in [0.15, 0.2) is 28.7 Å². The van der Waals surface area contributed by atoms with Gasteiger partial charge in [-0.25, -0.2) is 0 Å². The summed E-state index contributed by atoms with van der Waals surface area (Å²) in [5.74, 6) is 0.842. The van der Waals surface area contributed by atoms with E-state index in [0.717, 1.165) is 5.92 Å². The SMILES string of the molecule is CCC(c1cccc(Br)c1)N(CC1CCNCC1)C(C)C. The summed E-state index contributed by atoms with van der Waals surface area (Å²) in [6, 6.07) is 9.94. The number of piperidine rings is 1. The van der Waals surface area contributed by atoms with Crippen molar-refractivity contribution in [2.24, 2.45) is 5.92 Å². The van der Waals surface area contributed by atoms with Gasteiger partial charge in [0.1, 0.15) is 0 Å². The lowest BCUT2D eigenvalue weighted by atomic mass is 9.94. The standard InChI is InChI=1S/C18H29BrN2/c1-4-18(16-6-5-7-17(19)12-16)21(14(2)3)13-15-8-10-20-11-9-15/h5-7,12,14-15,18,20H,4,8-11,13H2,1-3H3. The van der Waals surface area contributed by atoms with Crippen molar-refractivity contribution in [3.8, 4) is 0 Å². The highest BCUT2D eigenvalue weighted by Gasteiger charge is 2.25. The smallest absolute Gasteiger partial charge is 0.0348 e. The van der Waals surface area contributed by atoms with Crippen molar-refractivity contribution in [1.29, 1.82) is 0 Å². The van der Waals surface area contributed by atoms with E-state index in [2.05, 4.69) is 71.2 Å². The third-order valence-corrected chi connectivity index (χ3v) is 5.10. The molecule has 0 amide bonds. The van der Waals surface area contributed by atoms with Gasteiger partial charge in [-0.15, -0.1) is 0 Å². The highest BCUT2D eigenvalue weighted by Crippen LogP contribution is 2.30. The Bertz CT molecular complexity index is 427. The number of halogens is 1. The molecule has 0 radical (unpaired) electrons. The topological polar surface area (TPSA) is 15.3 Å². The molecule has 2 nitrogen and oxygen atoms in total. The third kappa shape index (κ3) is 4.80. The second-order valence-corrected chi connectivity index (χ2v) is 7.38. The first-order valence-electron chi connectivity index (χ1n) is 8.33. The van der Waals surface area contributed by atoms with Crippen LogP contribution in [0, 0.1) is 5.92 Å². The lowest BCUT2D eigenvalue weighted by Gasteiger charge is -2.38. The molecule has 1 fully saturated rings. The number of nitrogens with zero attached hydrogens (tertiary/aromatic N) is 1. The minimum Gasteiger partial charge on any atom is -0.317 e. The maximum atomic E-state index is 3.62. The van der Waals surface area contributed by atoms with Gasteiger partial charge in [-0.3, -0.25) is 4.90 Å². The van der Waals surface area contributed by atoms with E-state index in [1.54, 1.807) is 0 Å². The Morgan fingerprint density at radius 3 is 2.57 bits per heavy atom. The van der Waals surface area contributed by atoms with Gasteiger partial charge in [-0.1, -0.05) is 35.0 Å². The van der Waals surface area contributed by atoms with E-state index in [0.29, 0.717) is 12.1 Å². The van der Waals surface area contributed by atoms with Crippen LogP contribution in [0.5, 0.6) is 0 Å². The lowest BCUT2D eigenvalue weighted by molar-refractivity contribution is 0.113. The number of hydrogen-bond donors (Lipinski definition) is 1. The van der Waals surface area contributed by atoms with Crippen LogP contribution in [0.2, 0.25) is 0 Å². The normalized spacial score (nSPS) is 18.4. The molecular weight excluding hydrogens is 324 g/mol. The van der Waals surface area contributed by atoms with Crippen LogP contribution in [-0.2, 0) is 0 Å². The lowest BCUT2D eigenvalue weighted by Crippen LogP contribution is -2.41. The average molecular weight is 353 g/mol. The fourth-order valence-corrected chi connectivity index (χ4v) is 3.85. The van der Waals surface area contributed by atoms with Crippen molar-refractivity contribution in [3.63, 3.8) is 0 Å². The molecule has 3 heteroatoms. The Labute approximate surface area is 138 Å². The Balaban J connectivity index is 2.13. The van der Waals surface area contributed by atoms with Gasteiger partial charge in [-0.2, -0.15) is 0 Å². The minimum absolute atomic E-state index is 0.525. The van der Waals surface area contributed by atoms with Crippen molar-refractivity contribution in [1.82, 2.24) is 10.2 Å². The van der Waals surface area contributed by atoms with Crippen molar-refractivity contribution in [2.75, 3.05) is 19.6 Å². The molecule has 1 atom stereocenters. The van der Waals surface area contributed by atoms with Gasteiger partial charge >= 0.3 is 0 Å². The molecule has 0 aromatic heterocycles. The molecule has 0 saturated carbocycles. The number of nitrogens with one attached hydrogen (secondary N) is 1. The Morgan fingerprint density at radius 1 is 1.29 bits per heavy atom. The molecular formula is C18H29BrN2. The summed E-state index contributed by atoms with van der Waals surface area (Å²) in [4.78, 5) is 2.71. The number of rotatable bonds is 6. The third-order valence-electron chi connectivity index (χ3n) is 4.61. The van der Waals surface area contributed by atoms with E-state index < -0.39 is 0 Å². The van der Waals surface area contributed by atoms with Crippen LogP contribution < -0.4 is 5.32 Å². The van der Waals surface area contributed by atoms with E-state index in [1.165, 1.54) is 48.9 Å². The molecule has 0 aliphatic carbocycles. The summed E-state index contributed by atoms with van der Waals surface area (Å²) < 4.78 is 1.18. The largest absolute Gasteiger partial charge is 0.317 e. The zero-order chi connectivity index (χ0) is 15.2. The maximum absolute atomic E-state index is 3.62. The predicted octanol–water partition coefficient (Wildman–Crippen LogP) is 4.61. The van der Waals surface area contributed by atoms with Crippen molar-refractivity contribution in [3.05, 3.63) is 34.3 Å². The first-order chi connectivity index (χ1) is 10.1. The van der Waals surface area contributed by atoms with Crippen molar-refractivity contribution in [2.45, 2.75) is 52.1 Å². The molecule has 2 rings (SSSR count). The molecule has 1 saturated heterocycles. The van der Waals surface area contributed by atoms with E-state index in [9.17, 15) is 0 Å². The summed E-state index contributed by atoms with van der Waals surface area (Å²) in [7, 11) is 0. The minimum atomic E-state index is 0.525. The molecule has 1 aliphatic rings. The fourth-order valence-electron chi connectivity index (χ4n) is 3.44. The van der Waals surface area contributed by atoms with Crippen LogP contribution >= 0.6 is 15.9 Å². The summed E-state index contributed by atoms with van der Waals surface area (Å²) in [5.41, 5.74) is 1.44. The molecule has 118 valence electrons. The number of benzene rings is 1. The van der Waals surface area contributed by atoms with E-state index in [-0.39, 0.29) is 0 Å². The van der Waals surface area contributed by atoms with Gasteiger partial charge in [0.05, 0.1) is 0 Å². The molecule has 1 heterocycles. The molecule has 21 heavy (non-hydrogen) atoms. The van der Waals surface area contributed by atoms with E-state index in [4.69, 9.17) is 0 Å². The molecule has 0 bridgehead atoms. The molecule has 1 unspecified atom stereocenters. The number of hydrogen-bond acceptors (Lipinski definition) is 2. The summed E-state index contributed by atoms with van der Waals surface area (Å²) in [6.45, 7) is 10.6. The molecule has 1 N–H and O–H groups in total. The quantitative estimate of drug-likeness (QED) is 0.803. The molecule has 0 spiro atoms. The first-order valence-corrected chi connectivity index (χ1v) is 9.13. The van der Waals surface area contributed by atoms with Crippen LogP contribution in [0.1, 0.15) is 51.6 Å². The second-order valence-electron chi connectivity index (χ2n) is 6.46. The highest BCUT2D eigenvalue weighted by molar-refractivity contribution is 9.10.